The van der Waals surface area contributed by atoms with E-state index >= 15 is 0 Å². The summed E-state index contributed by atoms with van der Waals surface area (Å²) in [5.74, 6) is 0.608. The molecule has 104 valence electrons. The number of fused-ring (bicyclic) bond motifs is 2. The molecule has 6 atom stereocenters. The molecule has 4 nitrogen and oxygen atoms in total. The molecule has 2 aliphatic heterocycles. The number of rotatable bonds is 3. The molecular weight excluding hydrogens is 232 g/mol. The first kappa shape index (κ1) is 11.2. The zero-order chi connectivity index (χ0) is 12.1. The summed E-state index contributed by atoms with van der Waals surface area (Å²) in [6.45, 7) is 0.594. The van der Waals surface area contributed by atoms with Crippen molar-refractivity contribution in [2.75, 3.05) is 6.61 Å². The molecular formula is C14H24O4. The van der Waals surface area contributed by atoms with Crippen LogP contribution in [0, 0.1) is 11.8 Å². The second-order valence-corrected chi connectivity index (χ2v) is 6.25. The van der Waals surface area contributed by atoms with Crippen LogP contribution in [0.5, 0.6) is 0 Å². The predicted octanol–water partition coefficient (Wildman–Crippen LogP) is 2.16. The monoisotopic (exact) mass is 256 g/mol. The Labute approximate surface area is 110 Å². The number of ether oxygens (including phenoxy) is 3. The fourth-order valence-electron chi connectivity index (χ4n) is 3.57. The Morgan fingerprint density at radius 1 is 1.00 bits per heavy atom. The van der Waals surface area contributed by atoms with E-state index in [0.29, 0.717) is 36.9 Å². The molecule has 4 fully saturated rings. The lowest BCUT2D eigenvalue weighted by atomic mass is 9.89. The first-order chi connectivity index (χ1) is 8.79. The number of epoxide rings is 2. The molecule has 0 N–H and O–H groups in total. The van der Waals surface area contributed by atoms with Gasteiger partial charge in [-0.15, -0.1) is 0 Å². The van der Waals surface area contributed by atoms with Crippen molar-refractivity contribution < 1.29 is 21.9 Å². The van der Waals surface area contributed by atoms with Crippen LogP contribution in [0.1, 0.15) is 41.4 Å². The van der Waals surface area contributed by atoms with Crippen molar-refractivity contribution in [3.63, 3.8) is 0 Å². The summed E-state index contributed by atoms with van der Waals surface area (Å²) >= 11 is 0. The van der Waals surface area contributed by atoms with E-state index < -0.39 is 0 Å². The molecule has 0 spiro atoms. The summed E-state index contributed by atoms with van der Waals surface area (Å²) in [5, 5.41) is 0. The van der Waals surface area contributed by atoms with E-state index in [2.05, 4.69) is 0 Å². The third-order valence-corrected chi connectivity index (χ3v) is 4.91. The van der Waals surface area contributed by atoms with Gasteiger partial charge in [-0.25, -0.2) is 0 Å². The van der Waals surface area contributed by atoms with E-state index in [1.54, 1.807) is 0 Å². The van der Waals surface area contributed by atoms with Crippen LogP contribution in [-0.2, 0) is 19.0 Å². The molecule has 18 heavy (non-hydrogen) atoms. The first-order valence-electron chi connectivity index (χ1n) is 7.27. The van der Waals surface area contributed by atoms with Crippen molar-refractivity contribution in [1.82, 2.24) is 0 Å². The molecule has 6 unspecified atom stereocenters. The maximum Gasteiger partial charge on any atom is 0.309 e. The highest BCUT2D eigenvalue weighted by molar-refractivity contribution is 5.72. The largest absolute Gasteiger partial charge is 0.465 e. The average Bonchev–Trinajstić information content (AvgIpc) is 3.26. The minimum Gasteiger partial charge on any atom is -0.465 e. The van der Waals surface area contributed by atoms with Crippen molar-refractivity contribution in [2.45, 2.75) is 62.9 Å². The second kappa shape index (κ2) is 4.20. The SMILES string of the molecule is O=C(OCC1CCC2OC2C1)C1CCC2OC2C1.[HH].[HH]. The highest BCUT2D eigenvalue weighted by Gasteiger charge is 2.47. The lowest BCUT2D eigenvalue weighted by Crippen LogP contribution is -2.27. The number of carbonyl (C=O) groups excluding carboxylic acids is 1. The Morgan fingerprint density at radius 3 is 2.44 bits per heavy atom. The van der Waals surface area contributed by atoms with Crippen LogP contribution in [-0.4, -0.2) is 37.0 Å². The van der Waals surface area contributed by atoms with E-state index in [-0.39, 0.29) is 14.7 Å². The summed E-state index contributed by atoms with van der Waals surface area (Å²) in [7, 11) is 0. The van der Waals surface area contributed by atoms with Crippen molar-refractivity contribution in [3.8, 4) is 0 Å². The summed E-state index contributed by atoms with van der Waals surface area (Å²) in [6, 6.07) is 0. The maximum absolute atomic E-state index is 12.0. The van der Waals surface area contributed by atoms with Gasteiger partial charge in [-0.05, 0) is 44.4 Å². The van der Waals surface area contributed by atoms with Gasteiger partial charge in [-0.3, -0.25) is 4.79 Å². The second-order valence-electron chi connectivity index (χ2n) is 6.25. The smallest absolute Gasteiger partial charge is 0.309 e. The highest BCUT2D eigenvalue weighted by Crippen LogP contribution is 2.41. The lowest BCUT2D eigenvalue weighted by Gasteiger charge is -2.21. The van der Waals surface area contributed by atoms with E-state index in [1.807, 2.05) is 0 Å². The third kappa shape index (κ3) is 2.16. The van der Waals surface area contributed by atoms with Crippen LogP contribution >= 0.6 is 0 Å². The van der Waals surface area contributed by atoms with Gasteiger partial charge in [-0.1, -0.05) is 0 Å². The Bertz CT molecular complexity index is 365. The summed E-state index contributed by atoms with van der Waals surface area (Å²) in [5.41, 5.74) is 0. The van der Waals surface area contributed by atoms with Crippen molar-refractivity contribution >= 4 is 5.97 Å². The molecule has 0 radical (unpaired) electrons. The Kier molecular flexibility index (Phi) is 2.62. The number of hydrogen-bond donors (Lipinski definition) is 0. The molecule has 2 saturated heterocycles. The number of esters is 1. The van der Waals surface area contributed by atoms with Gasteiger partial charge in [0.1, 0.15) is 0 Å². The van der Waals surface area contributed by atoms with Crippen LogP contribution < -0.4 is 0 Å². The van der Waals surface area contributed by atoms with Crippen LogP contribution in [0.25, 0.3) is 0 Å². The summed E-state index contributed by atoms with van der Waals surface area (Å²) in [6.07, 6.45) is 8.03. The quantitative estimate of drug-likeness (QED) is 0.573. The molecule has 2 aliphatic carbocycles. The van der Waals surface area contributed by atoms with Gasteiger partial charge >= 0.3 is 5.97 Å². The molecule has 4 aliphatic rings. The van der Waals surface area contributed by atoms with Crippen LogP contribution in [0.15, 0.2) is 0 Å². The third-order valence-electron chi connectivity index (χ3n) is 4.91. The van der Waals surface area contributed by atoms with E-state index in [0.717, 1.165) is 38.5 Å². The topological polar surface area (TPSA) is 51.4 Å². The molecule has 4 heteroatoms. The maximum atomic E-state index is 12.0. The Balaban J connectivity index is 0.000000735. The van der Waals surface area contributed by atoms with Crippen molar-refractivity contribution in [1.29, 1.82) is 0 Å². The fraction of sp³-hybridized carbons (Fsp3) is 0.929. The van der Waals surface area contributed by atoms with E-state index in [4.69, 9.17) is 14.2 Å². The zero-order valence-corrected chi connectivity index (χ0v) is 10.5. The highest BCUT2D eigenvalue weighted by atomic mass is 16.6. The van der Waals surface area contributed by atoms with Gasteiger partial charge in [0.05, 0.1) is 36.9 Å². The van der Waals surface area contributed by atoms with E-state index in [9.17, 15) is 4.79 Å². The van der Waals surface area contributed by atoms with Crippen molar-refractivity contribution in [3.05, 3.63) is 0 Å². The van der Waals surface area contributed by atoms with Gasteiger partial charge in [0, 0.05) is 2.85 Å². The van der Waals surface area contributed by atoms with Crippen molar-refractivity contribution in [2.24, 2.45) is 11.8 Å². The van der Waals surface area contributed by atoms with E-state index in [1.165, 1.54) is 0 Å². The van der Waals surface area contributed by atoms with Crippen LogP contribution in [0.2, 0.25) is 0 Å². The molecule has 0 aromatic heterocycles. The molecule has 0 bridgehead atoms. The average molecular weight is 256 g/mol. The lowest BCUT2D eigenvalue weighted by molar-refractivity contribution is -0.151. The predicted molar refractivity (Wildman–Crippen MR) is 67.2 cm³/mol. The summed E-state index contributed by atoms with van der Waals surface area (Å²) < 4.78 is 16.4. The normalized spacial score (nSPS) is 48.9. The van der Waals surface area contributed by atoms with Gasteiger partial charge in [-0.2, -0.15) is 0 Å². The molecule has 0 aromatic rings. The van der Waals surface area contributed by atoms with Gasteiger partial charge in [0.15, 0.2) is 0 Å². The molecule has 4 rings (SSSR count). The van der Waals surface area contributed by atoms with Crippen LogP contribution in [0.4, 0.5) is 0 Å². The molecule has 2 heterocycles. The standard InChI is InChI=1S/C14H20O4.2H2/c15-14(9-2-4-11-13(6-9)18-11)16-7-8-1-3-10-12(5-8)17-10;;/h8-13H,1-7H2;2*1H. The first-order valence-corrected chi connectivity index (χ1v) is 7.27. The Morgan fingerprint density at radius 2 is 1.72 bits per heavy atom. The van der Waals surface area contributed by atoms with Gasteiger partial charge in [0.25, 0.3) is 0 Å². The Hall–Kier alpha value is -0.610. The van der Waals surface area contributed by atoms with Crippen LogP contribution in [0.3, 0.4) is 0 Å². The minimum absolute atomic E-state index is 0. The van der Waals surface area contributed by atoms with Gasteiger partial charge in [0.2, 0.25) is 0 Å². The number of hydrogen-bond acceptors (Lipinski definition) is 4. The van der Waals surface area contributed by atoms with Gasteiger partial charge < -0.3 is 14.2 Å². The zero-order valence-electron chi connectivity index (χ0n) is 10.5. The molecule has 0 amide bonds. The molecule has 0 aromatic carbocycles. The summed E-state index contributed by atoms with van der Waals surface area (Å²) in [4.78, 5) is 12.0. The molecule has 2 saturated carbocycles. The number of carbonyl (C=O) groups is 1. The fourth-order valence-corrected chi connectivity index (χ4v) is 3.57. The minimum atomic E-state index is 0.